The highest BCUT2D eigenvalue weighted by molar-refractivity contribution is 6.30. The van der Waals surface area contributed by atoms with Crippen LogP contribution in [0.2, 0.25) is 5.02 Å². The number of hydrogen-bond donors (Lipinski definition) is 3. The van der Waals surface area contributed by atoms with Crippen molar-refractivity contribution in [1.82, 2.24) is 19.9 Å². The lowest BCUT2D eigenvalue weighted by atomic mass is 10.1. The molecular weight excluding hydrogens is 348 g/mol. The van der Waals surface area contributed by atoms with Crippen LogP contribution in [0.5, 0.6) is 0 Å². The molecule has 3 aromatic rings. The van der Waals surface area contributed by atoms with Crippen LogP contribution in [-0.4, -0.2) is 38.1 Å². The van der Waals surface area contributed by atoms with Gasteiger partial charge in [0.2, 0.25) is 0 Å². The van der Waals surface area contributed by atoms with Crippen LogP contribution in [0.15, 0.2) is 41.3 Å². The quantitative estimate of drug-likeness (QED) is 0.635. The van der Waals surface area contributed by atoms with Gasteiger partial charge in [-0.2, -0.15) is 0 Å². The Morgan fingerprint density at radius 3 is 2.68 bits per heavy atom. The Balaban J connectivity index is 1.72. The molecule has 0 bridgehead atoms. The Bertz CT molecular complexity index is 1010. The molecule has 0 aliphatic carbocycles. The van der Waals surface area contributed by atoms with Crippen molar-refractivity contribution in [1.29, 1.82) is 0 Å². The summed E-state index contributed by atoms with van der Waals surface area (Å²) in [5, 5.41) is 14.9. The maximum atomic E-state index is 12.2. The summed E-state index contributed by atoms with van der Waals surface area (Å²) < 4.78 is 0.928. The van der Waals surface area contributed by atoms with Crippen molar-refractivity contribution in [3.05, 3.63) is 68.7 Å². The fourth-order valence-electron chi connectivity index (χ4n) is 2.29. The van der Waals surface area contributed by atoms with Crippen molar-refractivity contribution >= 4 is 29.1 Å². The van der Waals surface area contributed by atoms with Crippen molar-refractivity contribution in [3.8, 4) is 0 Å². The molecule has 9 heteroatoms. The molecule has 1 amide bonds. The van der Waals surface area contributed by atoms with Crippen molar-refractivity contribution in [2.24, 2.45) is 0 Å². The lowest BCUT2D eigenvalue weighted by molar-refractivity contribution is 0.0694. The summed E-state index contributed by atoms with van der Waals surface area (Å²) >= 11 is 5.81. The highest BCUT2D eigenvalue weighted by Crippen LogP contribution is 2.09. The number of hydrogen-bond acceptors (Lipinski definition) is 4. The molecular formula is C16H13ClN4O4. The summed E-state index contributed by atoms with van der Waals surface area (Å²) in [6.45, 7) is 0.387. The smallest absolute Gasteiger partial charge is 0.343 e. The van der Waals surface area contributed by atoms with E-state index in [4.69, 9.17) is 16.7 Å². The molecule has 0 saturated carbocycles. The normalized spacial score (nSPS) is 10.8. The highest BCUT2D eigenvalue weighted by atomic mass is 35.5. The van der Waals surface area contributed by atoms with E-state index in [2.05, 4.69) is 15.4 Å². The third-order valence-corrected chi connectivity index (χ3v) is 3.83. The number of amides is 1. The number of aromatic amines is 1. The molecule has 8 nitrogen and oxygen atoms in total. The van der Waals surface area contributed by atoms with Crippen LogP contribution in [-0.2, 0) is 6.42 Å². The summed E-state index contributed by atoms with van der Waals surface area (Å²) in [7, 11) is 0. The molecule has 25 heavy (non-hydrogen) atoms. The molecule has 2 heterocycles. The summed E-state index contributed by atoms with van der Waals surface area (Å²) in [5.41, 5.74) is 0.0400. The lowest BCUT2D eigenvalue weighted by Crippen LogP contribution is -2.27. The van der Waals surface area contributed by atoms with Crippen molar-refractivity contribution in [2.45, 2.75) is 6.42 Å². The largest absolute Gasteiger partial charge is 0.477 e. The molecule has 0 unspecified atom stereocenters. The van der Waals surface area contributed by atoms with Crippen molar-refractivity contribution in [2.75, 3.05) is 6.54 Å². The molecule has 0 fully saturated rings. The number of aromatic carboxylic acids is 1. The van der Waals surface area contributed by atoms with Crippen LogP contribution in [0, 0.1) is 0 Å². The number of carboxylic acids is 1. The van der Waals surface area contributed by atoms with Crippen LogP contribution in [0.25, 0.3) is 5.65 Å². The Morgan fingerprint density at radius 2 is 2.00 bits per heavy atom. The van der Waals surface area contributed by atoms with Gasteiger partial charge in [-0.15, -0.1) is 0 Å². The van der Waals surface area contributed by atoms with Crippen molar-refractivity contribution < 1.29 is 14.7 Å². The van der Waals surface area contributed by atoms with Gasteiger partial charge in [0.15, 0.2) is 5.65 Å². The SMILES string of the molecule is O=C(NCCc1ccc(Cl)cc1)c1cc2ncc(C(=O)O)c(=O)n2[nH]1. The van der Waals surface area contributed by atoms with E-state index < -0.39 is 23.0 Å². The van der Waals surface area contributed by atoms with Gasteiger partial charge >= 0.3 is 5.97 Å². The van der Waals surface area contributed by atoms with Gasteiger partial charge in [0.25, 0.3) is 11.5 Å². The summed E-state index contributed by atoms with van der Waals surface area (Å²) in [6.07, 6.45) is 1.58. The summed E-state index contributed by atoms with van der Waals surface area (Å²) in [6, 6.07) is 8.66. The molecule has 0 aliphatic rings. The van der Waals surface area contributed by atoms with E-state index in [1.165, 1.54) is 6.07 Å². The van der Waals surface area contributed by atoms with Gasteiger partial charge < -0.3 is 10.4 Å². The van der Waals surface area contributed by atoms with E-state index in [0.717, 1.165) is 16.3 Å². The Kier molecular flexibility index (Phi) is 4.53. The van der Waals surface area contributed by atoms with E-state index in [0.29, 0.717) is 18.0 Å². The van der Waals surface area contributed by atoms with Crippen molar-refractivity contribution in [3.63, 3.8) is 0 Å². The fourth-order valence-corrected chi connectivity index (χ4v) is 2.42. The first-order valence-electron chi connectivity index (χ1n) is 7.32. The summed E-state index contributed by atoms with van der Waals surface area (Å²) in [4.78, 5) is 39.0. The number of aromatic nitrogens is 3. The molecule has 0 atom stereocenters. The average molecular weight is 361 g/mol. The summed E-state index contributed by atoms with van der Waals surface area (Å²) in [5.74, 6) is -1.80. The van der Waals surface area contributed by atoms with E-state index in [9.17, 15) is 14.4 Å². The second-order valence-corrected chi connectivity index (χ2v) is 5.71. The standard InChI is InChI=1S/C16H13ClN4O4/c17-10-3-1-9(2-4-10)5-6-18-14(22)12-7-13-19-8-11(16(24)25)15(23)21(13)20-12/h1-4,7-8,20H,5-6H2,(H,18,22)(H,24,25). The van der Waals surface area contributed by atoms with Gasteiger partial charge in [-0.25, -0.2) is 14.3 Å². The molecule has 0 radical (unpaired) electrons. The minimum absolute atomic E-state index is 0.114. The predicted molar refractivity (Wildman–Crippen MR) is 90.3 cm³/mol. The fraction of sp³-hybridized carbons (Fsp3) is 0.125. The molecule has 3 N–H and O–H groups in total. The number of carboxylic acid groups (broad SMARTS) is 1. The molecule has 0 spiro atoms. The predicted octanol–water partition coefficient (Wildman–Crippen LogP) is 1.35. The first kappa shape index (κ1) is 16.7. The number of carbonyl (C=O) groups is 2. The van der Waals surface area contributed by atoms with E-state index in [1.54, 1.807) is 12.1 Å². The zero-order valence-electron chi connectivity index (χ0n) is 12.8. The second-order valence-electron chi connectivity index (χ2n) is 5.28. The first-order chi connectivity index (χ1) is 12.0. The van der Waals surface area contributed by atoms with Crippen LogP contribution < -0.4 is 10.9 Å². The van der Waals surface area contributed by atoms with Crippen LogP contribution >= 0.6 is 11.6 Å². The Labute approximate surface area is 146 Å². The van der Waals surface area contributed by atoms with Crippen LogP contribution in [0.4, 0.5) is 0 Å². The third-order valence-electron chi connectivity index (χ3n) is 3.58. The Hall–Kier alpha value is -3.13. The molecule has 128 valence electrons. The van der Waals surface area contributed by atoms with E-state index in [-0.39, 0.29) is 11.3 Å². The third kappa shape index (κ3) is 3.53. The zero-order chi connectivity index (χ0) is 18.0. The van der Waals surface area contributed by atoms with Gasteiger partial charge in [0.05, 0.1) is 0 Å². The molecule has 0 saturated heterocycles. The number of nitrogens with zero attached hydrogens (tertiary/aromatic N) is 2. The number of benzene rings is 1. The lowest BCUT2D eigenvalue weighted by Gasteiger charge is -2.04. The number of rotatable bonds is 5. The maximum absolute atomic E-state index is 12.2. The number of fused-ring (bicyclic) bond motifs is 1. The van der Waals surface area contributed by atoms with E-state index >= 15 is 0 Å². The zero-order valence-corrected chi connectivity index (χ0v) is 13.6. The van der Waals surface area contributed by atoms with E-state index in [1.807, 2.05) is 12.1 Å². The Morgan fingerprint density at radius 1 is 1.28 bits per heavy atom. The minimum Gasteiger partial charge on any atom is -0.477 e. The highest BCUT2D eigenvalue weighted by Gasteiger charge is 2.15. The van der Waals surface area contributed by atoms with Gasteiger partial charge in [-0.3, -0.25) is 14.7 Å². The molecule has 1 aromatic carbocycles. The van der Waals surface area contributed by atoms with Crippen LogP contribution in [0.1, 0.15) is 26.4 Å². The number of carbonyl (C=O) groups excluding carboxylic acids is 1. The minimum atomic E-state index is -1.38. The van der Waals surface area contributed by atoms with Gasteiger partial charge in [0.1, 0.15) is 11.3 Å². The van der Waals surface area contributed by atoms with Crippen LogP contribution in [0.3, 0.4) is 0 Å². The first-order valence-corrected chi connectivity index (χ1v) is 7.70. The van der Waals surface area contributed by atoms with Gasteiger partial charge in [-0.05, 0) is 24.1 Å². The molecule has 2 aromatic heterocycles. The number of nitrogens with one attached hydrogen (secondary N) is 2. The monoisotopic (exact) mass is 360 g/mol. The number of halogens is 1. The molecule has 3 rings (SSSR count). The topological polar surface area (TPSA) is 117 Å². The maximum Gasteiger partial charge on any atom is 0.343 e. The second kappa shape index (κ2) is 6.78. The molecule has 0 aliphatic heterocycles. The van der Waals surface area contributed by atoms with Gasteiger partial charge in [-0.1, -0.05) is 23.7 Å². The number of H-pyrrole nitrogens is 1. The van der Waals surface area contributed by atoms with Gasteiger partial charge in [0, 0.05) is 23.8 Å². The average Bonchev–Trinajstić information content (AvgIpc) is 3.02.